The molecular weight excluding hydrogens is 298 g/mol. The maximum Gasteiger partial charge on any atom is 0.126 e. The van der Waals surface area contributed by atoms with E-state index in [9.17, 15) is 5.11 Å². The summed E-state index contributed by atoms with van der Waals surface area (Å²) < 4.78 is 5.44. The highest BCUT2D eigenvalue weighted by Crippen LogP contribution is 2.30. The molecule has 0 saturated carbocycles. The topological polar surface area (TPSA) is 41.5 Å². The van der Waals surface area contributed by atoms with Crippen LogP contribution in [0.25, 0.3) is 11.1 Å². The van der Waals surface area contributed by atoms with Crippen LogP contribution in [0.4, 0.5) is 0 Å². The predicted octanol–water partition coefficient (Wildman–Crippen LogP) is 4.42. The van der Waals surface area contributed by atoms with Gasteiger partial charge in [-0.3, -0.25) is 0 Å². The number of ether oxygens (including phenoxy) is 1. The van der Waals surface area contributed by atoms with Crippen molar-refractivity contribution in [3.8, 4) is 16.9 Å². The molecule has 130 valence electrons. The van der Waals surface area contributed by atoms with Gasteiger partial charge in [-0.05, 0) is 49.9 Å². The first-order valence-corrected chi connectivity index (χ1v) is 8.66. The number of benzene rings is 2. The lowest BCUT2D eigenvalue weighted by molar-refractivity contribution is 0.162. The van der Waals surface area contributed by atoms with Gasteiger partial charge in [0.1, 0.15) is 5.75 Å². The molecule has 0 aliphatic heterocycles. The van der Waals surface area contributed by atoms with Gasteiger partial charge >= 0.3 is 0 Å². The van der Waals surface area contributed by atoms with E-state index < -0.39 is 0 Å². The zero-order valence-electron chi connectivity index (χ0n) is 15.1. The van der Waals surface area contributed by atoms with Gasteiger partial charge in [0, 0.05) is 11.6 Å². The van der Waals surface area contributed by atoms with Crippen molar-refractivity contribution >= 4 is 0 Å². The minimum Gasteiger partial charge on any atom is -0.496 e. The monoisotopic (exact) mass is 327 g/mol. The van der Waals surface area contributed by atoms with Gasteiger partial charge in [-0.1, -0.05) is 49.4 Å². The average Bonchev–Trinajstić information content (AvgIpc) is 2.59. The first-order valence-electron chi connectivity index (χ1n) is 8.66. The van der Waals surface area contributed by atoms with Crippen LogP contribution in [-0.4, -0.2) is 24.9 Å². The molecule has 0 amide bonds. The van der Waals surface area contributed by atoms with Crippen LogP contribution in [0.1, 0.15) is 38.8 Å². The quantitative estimate of drug-likeness (QED) is 0.754. The van der Waals surface area contributed by atoms with E-state index in [0.29, 0.717) is 5.92 Å². The van der Waals surface area contributed by atoms with Gasteiger partial charge in [0.25, 0.3) is 0 Å². The van der Waals surface area contributed by atoms with E-state index in [1.54, 1.807) is 7.11 Å². The third-order valence-electron chi connectivity index (χ3n) is 4.34. The van der Waals surface area contributed by atoms with Gasteiger partial charge in [0.05, 0.1) is 13.2 Å². The number of aliphatic hydroxyl groups excluding tert-OH is 1. The summed E-state index contributed by atoms with van der Waals surface area (Å²) >= 11 is 0. The van der Waals surface area contributed by atoms with Crippen LogP contribution in [-0.2, 0) is 0 Å². The van der Waals surface area contributed by atoms with E-state index in [4.69, 9.17) is 4.74 Å². The molecule has 3 heteroatoms. The Bertz CT molecular complexity index is 622. The number of hydrogen-bond acceptors (Lipinski definition) is 3. The van der Waals surface area contributed by atoms with Gasteiger partial charge in [-0.2, -0.15) is 0 Å². The number of aliphatic hydroxyl groups is 1. The molecule has 0 radical (unpaired) electrons. The van der Waals surface area contributed by atoms with Gasteiger partial charge in [-0.25, -0.2) is 0 Å². The highest BCUT2D eigenvalue weighted by molar-refractivity contribution is 5.70. The number of rotatable bonds is 8. The zero-order chi connectivity index (χ0) is 17.5. The summed E-state index contributed by atoms with van der Waals surface area (Å²) in [6, 6.07) is 17.0. The molecule has 0 aliphatic rings. The van der Waals surface area contributed by atoms with Crippen molar-refractivity contribution in [1.29, 1.82) is 0 Å². The van der Waals surface area contributed by atoms with Crippen molar-refractivity contribution in [2.45, 2.75) is 39.3 Å². The van der Waals surface area contributed by atoms with E-state index in [2.05, 4.69) is 49.5 Å². The third kappa shape index (κ3) is 5.08. The van der Waals surface area contributed by atoms with Crippen molar-refractivity contribution in [3.63, 3.8) is 0 Å². The summed E-state index contributed by atoms with van der Waals surface area (Å²) in [5, 5.41) is 13.0. The molecule has 0 fully saturated rings. The number of methoxy groups -OCH3 is 1. The van der Waals surface area contributed by atoms with Crippen LogP contribution < -0.4 is 10.1 Å². The fraction of sp³-hybridized carbons (Fsp3) is 0.429. The lowest BCUT2D eigenvalue weighted by Crippen LogP contribution is -2.26. The number of nitrogens with one attached hydrogen (secondary N) is 1. The predicted molar refractivity (Wildman–Crippen MR) is 100 cm³/mol. The Morgan fingerprint density at radius 3 is 2.29 bits per heavy atom. The smallest absolute Gasteiger partial charge is 0.126 e. The molecule has 0 aliphatic carbocycles. The Morgan fingerprint density at radius 2 is 1.67 bits per heavy atom. The molecule has 0 aromatic heterocycles. The van der Waals surface area contributed by atoms with Crippen LogP contribution >= 0.6 is 0 Å². The summed E-state index contributed by atoms with van der Waals surface area (Å²) in [5.74, 6) is 1.35. The summed E-state index contributed by atoms with van der Waals surface area (Å²) in [5.41, 5.74) is 3.53. The first kappa shape index (κ1) is 18.5. The molecule has 0 bridgehead atoms. The highest BCUT2D eigenvalue weighted by Gasteiger charge is 2.10. The van der Waals surface area contributed by atoms with Crippen LogP contribution in [0.3, 0.4) is 0 Å². The summed E-state index contributed by atoms with van der Waals surface area (Å²) in [6.45, 7) is 7.08. The lowest BCUT2D eigenvalue weighted by Gasteiger charge is -2.19. The number of para-hydroxylation sites is 1. The first-order chi connectivity index (χ1) is 11.5. The Kier molecular flexibility index (Phi) is 6.83. The Morgan fingerprint density at radius 1 is 1.00 bits per heavy atom. The number of hydrogen-bond donors (Lipinski definition) is 2. The van der Waals surface area contributed by atoms with E-state index in [1.165, 1.54) is 5.56 Å². The fourth-order valence-electron chi connectivity index (χ4n) is 3.00. The second-order valence-electron chi connectivity index (χ2n) is 6.64. The molecule has 3 unspecified atom stereocenters. The molecule has 24 heavy (non-hydrogen) atoms. The standard InChI is InChI=1S/C21H29NO2/c1-15(13-16(2)23)14-22-17(3)18-9-11-19(12-10-18)20-7-5-6-8-21(20)24-4/h5-12,15-17,22-23H,13-14H2,1-4H3. The summed E-state index contributed by atoms with van der Waals surface area (Å²) in [7, 11) is 1.70. The third-order valence-corrected chi connectivity index (χ3v) is 4.34. The van der Waals surface area contributed by atoms with Crippen LogP contribution in [0.15, 0.2) is 48.5 Å². The van der Waals surface area contributed by atoms with E-state index >= 15 is 0 Å². The molecule has 2 rings (SSSR count). The second kappa shape index (κ2) is 8.86. The summed E-state index contributed by atoms with van der Waals surface area (Å²) in [6.07, 6.45) is 0.587. The van der Waals surface area contributed by atoms with Crippen LogP contribution in [0.2, 0.25) is 0 Å². The van der Waals surface area contributed by atoms with E-state index in [-0.39, 0.29) is 12.1 Å². The van der Waals surface area contributed by atoms with Crippen molar-refractivity contribution in [2.24, 2.45) is 5.92 Å². The summed E-state index contributed by atoms with van der Waals surface area (Å²) in [4.78, 5) is 0. The fourth-order valence-corrected chi connectivity index (χ4v) is 3.00. The Labute approximate surface area is 145 Å². The average molecular weight is 327 g/mol. The molecule has 2 aromatic carbocycles. The minimum atomic E-state index is -0.239. The highest BCUT2D eigenvalue weighted by atomic mass is 16.5. The van der Waals surface area contributed by atoms with Gasteiger partial charge in [0.15, 0.2) is 0 Å². The van der Waals surface area contributed by atoms with Crippen LogP contribution in [0.5, 0.6) is 5.75 Å². The maximum absolute atomic E-state index is 9.45. The molecule has 3 atom stereocenters. The molecule has 2 aromatic rings. The van der Waals surface area contributed by atoms with Crippen molar-refractivity contribution in [3.05, 3.63) is 54.1 Å². The zero-order valence-corrected chi connectivity index (χ0v) is 15.1. The van der Waals surface area contributed by atoms with Crippen molar-refractivity contribution in [1.82, 2.24) is 5.32 Å². The Balaban J connectivity index is 2.01. The van der Waals surface area contributed by atoms with Crippen LogP contribution in [0, 0.1) is 5.92 Å². The lowest BCUT2D eigenvalue weighted by atomic mass is 10.00. The maximum atomic E-state index is 9.45. The SMILES string of the molecule is COc1ccccc1-c1ccc(C(C)NCC(C)CC(C)O)cc1. The molecule has 0 saturated heterocycles. The van der Waals surface area contributed by atoms with Crippen molar-refractivity contribution in [2.75, 3.05) is 13.7 Å². The molecule has 3 nitrogen and oxygen atoms in total. The molecular formula is C21H29NO2. The molecule has 0 spiro atoms. The van der Waals surface area contributed by atoms with E-state index in [0.717, 1.165) is 29.8 Å². The van der Waals surface area contributed by atoms with Gasteiger partial charge in [-0.15, -0.1) is 0 Å². The minimum absolute atomic E-state index is 0.239. The molecule has 0 heterocycles. The van der Waals surface area contributed by atoms with Crippen molar-refractivity contribution < 1.29 is 9.84 Å². The largest absolute Gasteiger partial charge is 0.496 e. The normalized spacial score (nSPS) is 14.9. The Hall–Kier alpha value is -1.84. The van der Waals surface area contributed by atoms with Gasteiger partial charge in [0.2, 0.25) is 0 Å². The molecule has 2 N–H and O–H groups in total. The second-order valence-corrected chi connectivity index (χ2v) is 6.64. The van der Waals surface area contributed by atoms with E-state index in [1.807, 2.05) is 25.1 Å². The van der Waals surface area contributed by atoms with Gasteiger partial charge < -0.3 is 15.2 Å².